The maximum Gasteiger partial charge on any atom is 0.194 e. The Bertz CT molecular complexity index is 514. The molecule has 4 N–H and O–H groups in total. The molecule has 2 rings (SSSR count). The zero-order chi connectivity index (χ0) is 12.4. The molecule has 1 unspecified atom stereocenters. The molecule has 90 valence electrons. The second kappa shape index (κ2) is 4.52. The van der Waals surface area contributed by atoms with Gasteiger partial charge in [0, 0.05) is 5.56 Å². The zero-order valence-electron chi connectivity index (χ0n) is 8.42. The van der Waals surface area contributed by atoms with Crippen LogP contribution in [0.5, 0.6) is 0 Å². The third-order valence-corrected chi connectivity index (χ3v) is 2.27. The summed E-state index contributed by atoms with van der Waals surface area (Å²) in [5, 5.41) is 9.53. The molecule has 2 aromatic rings. The maximum absolute atomic E-state index is 13.5. The predicted octanol–water partition coefficient (Wildman–Crippen LogP) is 0.775. The molecule has 1 aromatic carbocycles. The van der Waals surface area contributed by atoms with Crippen molar-refractivity contribution in [3.63, 3.8) is 0 Å². The van der Waals surface area contributed by atoms with E-state index < -0.39 is 23.5 Å². The Morgan fingerprint density at radius 3 is 2.59 bits per heavy atom. The van der Waals surface area contributed by atoms with Crippen LogP contribution >= 0.6 is 0 Å². The normalized spacial score (nSPS) is 12.7. The zero-order valence-corrected chi connectivity index (χ0v) is 8.42. The van der Waals surface area contributed by atoms with Crippen LogP contribution in [-0.4, -0.2) is 15.4 Å². The molecule has 1 aromatic heterocycles. The standard InChI is InChI=1S/C9H8F3N5/c10-5-2-1-4(7(11)8(5)12)9(15-13)6-3-14-17-16-6/h1-3,9,15H,13H2,(H,14,16,17). The molecule has 0 amide bonds. The molecular weight excluding hydrogens is 235 g/mol. The molecule has 1 heterocycles. The molecule has 5 nitrogen and oxygen atoms in total. The number of nitrogens with two attached hydrogens (primary N) is 1. The Kier molecular flexibility index (Phi) is 3.07. The molecule has 0 saturated heterocycles. The van der Waals surface area contributed by atoms with Crippen molar-refractivity contribution >= 4 is 0 Å². The van der Waals surface area contributed by atoms with Crippen LogP contribution < -0.4 is 11.3 Å². The number of hydrogen-bond donors (Lipinski definition) is 3. The van der Waals surface area contributed by atoms with Gasteiger partial charge in [-0.3, -0.25) is 5.84 Å². The topological polar surface area (TPSA) is 79.6 Å². The number of nitrogens with one attached hydrogen (secondary N) is 2. The number of hydrogen-bond acceptors (Lipinski definition) is 4. The number of nitrogens with zero attached hydrogens (tertiary/aromatic N) is 2. The van der Waals surface area contributed by atoms with E-state index in [1.165, 1.54) is 6.20 Å². The van der Waals surface area contributed by atoms with Crippen LogP contribution in [0.1, 0.15) is 17.3 Å². The molecule has 0 aliphatic rings. The van der Waals surface area contributed by atoms with E-state index in [0.717, 1.165) is 12.1 Å². The monoisotopic (exact) mass is 243 g/mol. The predicted molar refractivity (Wildman–Crippen MR) is 51.9 cm³/mol. The van der Waals surface area contributed by atoms with Crippen molar-refractivity contribution in [2.45, 2.75) is 6.04 Å². The highest BCUT2D eigenvalue weighted by atomic mass is 19.2. The maximum atomic E-state index is 13.5. The number of aromatic amines is 1. The summed E-state index contributed by atoms with van der Waals surface area (Å²) in [5.41, 5.74) is 2.37. The Labute approximate surface area is 93.8 Å². The fourth-order valence-corrected chi connectivity index (χ4v) is 1.45. The Morgan fingerprint density at radius 1 is 1.24 bits per heavy atom. The summed E-state index contributed by atoms with van der Waals surface area (Å²) in [6, 6.07) is 0.995. The number of H-pyrrole nitrogens is 1. The summed E-state index contributed by atoms with van der Waals surface area (Å²) < 4.78 is 39.4. The first-order valence-corrected chi connectivity index (χ1v) is 4.60. The van der Waals surface area contributed by atoms with Crippen molar-refractivity contribution in [3.05, 3.63) is 47.0 Å². The molecule has 0 radical (unpaired) electrons. The number of aromatic nitrogens is 3. The first-order chi connectivity index (χ1) is 8.15. The average Bonchev–Trinajstić information content (AvgIpc) is 2.84. The molecule has 0 saturated carbocycles. The third-order valence-electron chi connectivity index (χ3n) is 2.27. The Hall–Kier alpha value is -1.93. The third kappa shape index (κ3) is 1.99. The van der Waals surface area contributed by atoms with Crippen molar-refractivity contribution < 1.29 is 13.2 Å². The lowest BCUT2D eigenvalue weighted by atomic mass is 10.0. The highest BCUT2D eigenvalue weighted by Crippen LogP contribution is 2.24. The lowest BCUT2D eigenvalue weighted by Gasteiger charge is -2.14. The van der Waals surface area contributed by atoms with Crippen LogP contribution in [0.4, 0.5) is 13.2 Å². The fourth-order valence-electron chi connectivity index (χ4n) is 1.45. The van der Waals surface area contributed by atoms with E-state index in [1.807, 2.05) is 0 Å². The van der Waals surface area contributed by atoms with Gasteiger partial charge >= 0.3 is 0 Å². The largest absolute Gasteiger partial charge is 0.271 e. The van der Waals surface area contributed by atoms with Gasteiger partial charge in [0.15, 0.2) is 17.5 Å². The minimum atomic E-state index is -1.55. The summed E-state index contributed by atoms with van der Waals surface area (Å²) in [7, 11) is 0. The van der Waals surface area contributed by atoms with Crippen molar-refractivity contribution in [3.8, 4) is 0 Å². The lowest BCUT2D eigenvalue weighted by molar-refractivity contribution is 0.432. The Morgan fingerprint density at radius 2 is 2.00 bits per heavy atom. The highest BCUT2D eigenvalue weighted by molar-refractivity contribution is 5.28. The van der Waals surface area contributed by atoms with Crippen LogP contribution in [0.2, 0.25) is 0 Å². The molecule has 0 aliphatic heterocycles. The highest BCUT2D eigenvalue weighted by Gasteiger charge is 2.22. The second-order valence-corrected chi connectivity index (χ2v) is 3.26. The lowest BCUT2D eigenvalue weighted by Crippen LogP contribution is -2.30. The van der Waals surface area contributed by atoms with E-state index in [2.05, 4.69) is 20.8 Å². The number of rotatable bonds is 3. The van der Waals surface area contributed by atoms with Crippen molar-refractivity contribution in [2.75, 3.05) is 0 Å². The van der Waals surface area contributed by atoms with E-state index in [-0.39, 0.29) is 11.3 Å². The smallest absolute Gasteiger partial charge is 0.194 e. The van der Waals surface area contributed by atoms with E-state index in [9.17, 15) is 13.2 Å². The summed E-state index contributed by atoms with van der Waals surface area (Å²) >= 11 is 0. The molecule has 8 heteroatoms. The van der Waals surface area contributed by atoms with Gasteiger partial charge in [0.05, 0.1) is 12.2 Å². The molecular formula is C9H8F3N5. The van der Waals surface area contributed by atoms with Gasteiger partial charge < -0.3 is 0 Å². The van der Waals surface area contributed by atoms with E-state index >= 15 is 0 Å². The SMILES string of the molecule is NNC(c1cn[nH]n1)c1ccc(F)c(F)c1F. The molecule has 1 atom stereocenters. The summed E-state index contributed by atoms with van der Waals surface area (Å²) in [6.45, 7) is 0. The van der Waals surface area contributed by atoms with E-state index in [0.29, 0.717) is 0 Å². The number of halogens is 3. The van der Waals surface area contributed by atoms with Crippen LogP contribution in [0.3, 0.4) is 0 Å². The molecule has 0 spiro atoms. The number of hydrazine groups is 1. The van der Waals surface area contributed by atoms with Gasteiger partial charge in [0.25, 0.3) is 0 Å². The second-order valence-electron chi connectivity index (χ2n) is 3.26. The van der Waals surface area contributed by atoms with Gasteiger partial charge in [-0.15, -0.1) is 0 Å². The van der Waals surface area contributed by atoms with E-state index in [1.54, 1.807) is 0 Å². The van der Waals surface area contributed by atoms with Gasteiger partial charge in [-0.1, -0.05) is 6.07 Å². The van der Waals surface area contributed by atoms with Crippen molar-refractivity contribution in [1.82, 2.24) is 20.8 Å². The first kappa shape index (κ1) is 11.6. The molecule has 0 fully saturated rings. The van der Waals surface area contributed by atoms with Crippen molar-refractivity contribution in [1.29, 1.82) is 0 Å². The van der Waals surface area contributed by atoms with Gasteiger partial charge in [-0.2, -0.15) is 15.4 Å². The fraction of sp³-hybridized carbons (Fsp3) is 0.111. The molecule has 0 bridgehead atoms. The molecule has 0 aliphatic carbocycles. The minimum Gasteiger partial charge on any atom is -0.271 e. The summed E-state index contributed by atoms with van der Waals surface area (Å²) in [6.07, 6.45) is 1.30. The van der Waals surface area contributed by atoms with Crippen molar-refractivity contribution in [2.24, 2.45) is 5.84 Å². The van der Waals surface area contributed by atoms with Gasteiger partial charge in [-0.25, -0.2) is 18.6 Å². The quantitative estimate of drug-likeness (QED) is 0.422. The average molecular weight is 243 g/mol. The number of benzene rings is 1. The van der Waals surface area contributed by atoms with Crippen LogP contribution in [0.25, 0.3) is 0 Å². The van der Waals surface area contributed by atoms with Crippen LogP contribution in [0, 0.1) is 17.5 Å². The van der Waals surface area contributed by atoms with Gasteiger partial charge in [0.2, 0.25) is 0 Å². The van der Waals surface area contributed by atoms with E-state index in [4.69, 9.17) is 5.84 Å². The first-order valence-electron chi connectivity index (χ1n) is 4.60. The van der Waals surface area contributed by atoms with Gasteiger partial charge in [-0.05, 0) is 6.07 Å². The summed E-state index contributed by atoms with van der Waals surface area (Å²) in [4.78, 5) is 0. The Balaban J connectivity index is 2.49. The molecule has 17 heavy (non-hydrogen) atoms. The minimum absolute atomic E-state index is 0.152. The van der Waals surface area contributed by atoms with Crippen LogP contribution in [-0.2, 0) is 0 Å². The van der Waals surface area contributed by atoms with Gasteiger partial charge in [0.1, 0.15) is 5.69 Å². The summed E-state index contributed by atoms with van der Waals surface area (Å²) in [5.74, 6) is 1.12. The van der Waals surface area contributed by atoms with Crippen LogP contribution in [0.15, 0.2) is 18.3 Å².